The fourth-order valence-electron chi connectivity index (χ4n) is 2.41. The number of carbonyl (C=O) groups is 1. The maximum atomic E-state index is 12.5. The van der Waals surface area contributed by atoms with Gasteiger partial charge in [-0.15, -0.1) is 0 Å². The Bertz CT molecular complexity index is 761. The minimum atomic E-state index is -0.611. The molecule has 0 bridgehead atoms. The molecule has 0 amide bonds. The van der Waals surface area contributed by atoms with Crippen LogP contribution in [0.4, 0.5) is 0 Å². The van der Waals surface area contributed by atoms with E-state index in [2.05, 4.69) is 5.10 Å². The Morgan fingerprint density at radius 3 is 2.68 bits per heavy atom. The van der Waals surface area contributed by atoms with Crippen molar-refractivity contribution < 1.29 is 14.6 Å². The Balaban J connectivity index is 2.62. The summed E-state index contributed by atoms with van der Waals surface area (Å²) in [5.41, 5.74) is 1.14. The second-order valence-corrected chi connectivity index (χ2v) is 5.23. The van der Waals surface area contributed by atoms with Gasteiger partial charge in [0.25, 0.3) is 5.56 Å². The highest BCUT2D eigenvalue weighted by molar-refractivity contribution is 5.71. The molecule has 2 aromatic heterocycles. The fourth-order valence-corrected chi connectivity index (χ4v) is 2.41. The van der Waals surface area contributed by atoms with Gasteiger partial charge in [0, 0.05) is 31.9 Å². The average Bonchev–Trinajstić information content (AvgIpc) is 2.90. The second kappa shape index (κ2) is 6.05. The quantitative estimate of drug-likeness (QED) is 0.845. The number of hydrogen-bond donors (Lipinski definition) is 1. The highest BCUT2D eigenvalue weighted by Crippen LogP contribution is 2.31. The molecule has 0 radical (unpaired) electrons. The minimum absolute atomic E-state index is 0.0476. The smallest absolute Gasteiger partial charge is 0.306 e. The van der Waals surface area contributed by atoms with Crippen LogP contribution in [0.2, 0.25) is 0 Å². The Morgan fingerprint density at radius 2 is 2.14 bits per heavy atom. The van der Waals surface area contributed by atoms with Crippen LogP contribution in [0.25, 0.3) is 0 Å². The average molecular weight is 305 g/mol. The van der Waals surface area contributed by atoms with E-state index in [1.165, 1.54) is 17.7 Å². The van der Waals surface area contributed by atoms with Gasteiger partial charge >= 0.3 is 5.97 Å². The van der Waals surface area contributed by atoms with E-state index in [0.29, 0.717) is 11.3 Å². The molecule has 0 saturated heterocycles. The molecule has 0 aliphatic heterocycles. The SMILES string of the molecule is COC(=O)CC(c1cnn(C)c1)c1c(O)cc(C)n(C)c1=O. The lowest BCUT2D eigenvalue weighted by Gasteiger charge is -2.17. The molecule has 0 spiro atoms. The van der Waals surface area contributed by atoms with E-state index in [0.717, 1.165) is 0 Å². The number of nitrogens with zero attached hydrogens (tertiary/aromatic N) is 3. The standard InChI is InChI=1S/C15H19N3O4/c1-9-5-12(19)14(15(21)18(9)3)11(6-13(20)22-4)10-7-16-17(2)8-10/h5,7-8,11,19H,6H2,1-4H3. The molecule has 0 fully saturated rings. The van der Waals surface area contributed by atoms with Gasteiger partial charge in [-0.3, -0.25) is 14.3 Å². The number of aryl methyl sites for hydroxylation is 2. The number of methoxy groups -OCH3 is 1. The van der Waals surface area contributed by atoms with Crippen LogP contribution < -0.4 is 5.56 Å². The summed E-state index contributed by atoms with van der Waals surface area (Å²) in [6.45, 7) is 1.73. The minimum Gasteiger partial charge on any atom is -0.507 e. The van der Waals surface area contributed by atoms with Crippen molar-refractivity contribution in [2.75, 3.05) is 7.11 Å². The molecule has 7 heteroatoms. The largest absolute Gasteiger partial charge is 0.507 e. The highest BCUT2D eigenvalue weighted by atomic mass is 16.5. The van der Waals surface area contributed by atoms with Crippen molar-refractivity contribution in [3.63, 3.8) is 0 Å². The van der Waals surface area contributed by atoms with Crippen LogP contribution in [0.1, 0.15) is 29.2 Å². The molecule has 7 nitrogen and oxygen atoms in total. The molecule has 2 rings (SSSR count). The number of aromatic hydroxyl groups is 1. The predicted molar refractivity (Wildman–Crippen MR) is 79.8 cm³/mol. The van der Waals surface area contributed by atoms with Crippen molar-refractivity contribution in [1.29, 1.82) is 0 Å². The lowest BCUT2D eigenvalue weighted by Crippen LogP contribution is -2.26. The maximum absolute atomic E-state index is 12.5. The number of esters is 1. The monoisotopic (exact) mass is 305 g/mol. The third kappa shape index (κ3) is 2.88. The van der Waals surface area contributed by atoms with Gasteiger partial charge in [-0.25, -0.2) is 0 Å². The first-order valence-electron chi connectivity index (χ1n) is 6.80. The van der Waals surface area contributed by atoms with Crippen molar-refractivity contribution in [2.45, 2.75) is 19.3 Å². The van der Waals surface area contributed by atoms with Gasteiger partial charge in [-0.2, -0.15) is 5.10 Å². The Morgan fingerprint density at radius 1 is 1.45 bits per heavy atom. The number of rotatable bonds is 4. The van der Waals surface area contributed by atoms with Crippen LogP contribution in [0.3, 0.4) is 0 Å². The van der Waals surface area contributed by atoms with Gasteiger partial charge < -0.3 is 14.4 Å². The van der Waals surface area contributed by atoms with Gasteiger partial charge in [0.2, 0.25) is 0 Å². The molecule has 0 aromatic carbocycles. The topological polar surface area (TPSA) is 86.3 Å². The summed E-state index contributed by atoms with van der Waals surface area (Å²) in [6, 6.07) is 1.51. The molecule has 0 aliphatic carbocycles. The number of hydrogen-bond acceptors (Lipinski definition) is 5. The van der Waals surface area contributed by atoms with E-state index in [4.69, 9.17) is 4.74 Å². The van der Waals surface area contributed by atoms with E-state index in [-0.39, 0.29) is 23.3 Å². The molecule has 22 heavy (non-hydrogen) atoms. The maximum Gasteiger partial charge on any atom is 0.306 e. The Kier molecular flexibility index (Phi) is 4.35. The summed E-state index contributed by atoms with van der Waals surface area (Å²) >= 11 is 0. The number of ether oxygens (including phenoxy) is 1. The molecule has 2 heterocycles. The first-order chi connectivity index (χ1) is 10.3. The fraction of sp³-hybridized carbons (Fsp3) is 0.400. The van der Waals surface area contributed by atoms with E-state index in [1.54, 1.807) is 38.1 Å². The van der Waals surface area contributed by atoms with Crippen LogP contribution in [-0.4, -0.2) is 32.5 Å². The van der Waals surface area contributed by atoms with Gasteiger partial charge in [0.05, 0.1) is 25.3 Å². The molecule has 1 N–H and O–H groups in total. The lowest BCUT2D eigenvalue weighted by atomic mass is 9.90. The first-order valence-corrected chi connectivity index (χ1v) is 6.80. The van der Waals surface area contributed by atoms with Crippen LogP contribution in [-0.2, 0) is 23.6 Å². The summed E-state index contributed by atoms with van der Waals surface area (Å²) in [7, 11) is 4.65. The molecular weight excluding hydrogens is 286 g/mol. The zero-order valence-electron chi connectivity index (χ0n) is 13.0. The summed E-state index contributed by atoms with van der Waals surface area (Å²) < 4.78 is 7.73. The third-order valence-electron chi connectivity index (χ3n) is 3.76. The van der Waals surface area contributed by atoms with Crippen LogP contribution in [0.5, 0.6) is 5.75 Å². The first kappa shape index (κ1) is 15.8. The molecule has 1 unspecified atom stereocenters. The van der Waals surface area contributed by atoms with E-state index in [1.807, 2.05) is 0 Å². The van der Waals surface area contributed by atoms with Crippen LogP contribution >= 0.6 is 0 Å². The lowest BCUT2D eigenvalue weighted by molar-refractivity contribution is -0.140. The molecule has 2 aromatic rings. The van der Waals surface area contributed by atoms with Crippen molar-refractivity contribution in [1.82, 2.24) is 14.3 Å². The van der Waals surface area contributed by atoms with Gasteiger partial charge in [0.1, 0.15) is 5.75 Å². The molecular formula is C15H19N3O4. The van der Waals surface area contributed by atoms with Crippen molar-refractivity contribution in [3.8, 4) is 5.75 Å². The van der Waals surface area contributed by atoms with E-state index in [9.17, 15) is 14.7 Å². The number of aromatic nitrogens is 3. The molecule has 0 aliphatic rings. The van der Waals surface area contributed by atoms with E-state index >= 15 is 0 Å². The number of carbonyl (C=O) groups excluding carboxylic acids is 1. The number of pyridine rings is 1. The third-order valence-corrected chi connectivity index (χ3v) is 3.76. The summed E-state index contributed by atoms with van der Waals surface area (Å²) in [6.07, 6.45) is 3.24. The predicted octanol–water partition coefficient (Wildman–Crippen LogP) is 0.828. The van der Waals surface area contributed by atoms with E-state index < -0.39 is 11.9 Å². The van der Waals surface area contributed by atoms with Gasteiger partial charge in [-0.1, -0.05) is 0 Å². The van der Waals surface area contributed by atoms with Gasteiger partial charge in [0.15, 0.2) is 0 Å². The Hall–Kier alpha value is -2.57. The summed E-state index contributed by atoms with van der Waals surface area (Å²) in [5.74, 6) is -1.20. The second-order valence-electron chi connectivity index (χ2n) is 5.23. The van der Waals surface area contributed by atoms with Crippen LogP contribution in [0.15, 0.2) is 23.3 Å². The zero-order valence-corrected chi connectivity index (χ0v) is 13.0. The molecule has 0 saturated carbocycles. The molecule has 118 valence electrons. The summed E-state index contributed by atoms with van der Waals surface area (Å²) in [5, 5.41) is 14.3. The van der Waals surface area contributed by atoms with Gasteiger partial charge in [-0.05, 0) is 18.6 Å². The van der Waals surface area contributed by atoms with Crippen molar-refractivity contribution in [3.05, 3.63) is 45.6 Å². The zero-order chi connectivity index (χ0) is 16.4. The molecule has 1 atom stereocenters. The summed E-state index contributed by atoms with van der Waals surface area (Å²) in [4.78, 5) is 24.2. The highest BCUT2D eigenvalue weighted by Gasteiger charge is 2.26. The van der Waals surface area contributed by atoms with Crippen molar-refractivity contribution >= 4 is 5.97 Å². The Labute approximate surface area is 127 Å². The normalized spacial score (nSPS) is 12.2. The van der Waals surface area contributed by atoms with Crippen molar-refractivity contribution in [2.24, 2.45) is 14.1 Å². The van der Waals surface area contributed by atoms with Crippen LogP contribution in [0, 0.1) is 6.92 Å².